The second-order valence-corrected chi connectivity index (χ2v) is 5.29. The summed E-state index contributed by atoms with van der Waals surface area (Å²) in [7, 11) is 0. The molecular weight excluding hydrogens is 276 g/mol. The number of carbonyl (C=O) groups excluding carboxylic acids is 1. The lowest BCUT2D eigenvalue weighted by atomic mass is 9.95. The molecule has 1 aromatic carbocycles. The van der Waals surface area contributed by atoms with Crippen molar-refractivity contribution < 1.29 is 4.79 Å². The Hall–Kier alpha value is -2.69. The second-order valence-electron chi connectivity index (χ2n) is 5.29. The minimum absolute atomic E-state index is 0.0290. The molecule has 1 amide bonds. The van der Waals surface area contributed by atoms with Crippen molar-refractivity contribution in [3.63, 3.8) is 0 Å². The molecule has 0 aliphatic carbocycles. The molecule has 0 saturated heterocycles. The largest absolute Gasteiger partial charge is 0.323 e. The first kappa shape index (κ1) is 14.3. The van der Waals surface area contributed by atoms with Crippen LogP contribution in [0, 0.1) is 6.92 Å². The Morgan fingerprint density at radius 1 is 1.32 bits per heavy atom. The third-order valence-electron chi connectivity index (χ3n) is 3.63. The Morgan fingerprint density at radius 2 is 2.09 bits per heavy atom. The lowest BCUT2D eigenvalue weighted by Gasteiger charge is -2.15. The highest BCUT2D eigenvalue weighted by atomic mass is 16.1. The highest BCUT2D eigenvalue weighted by molar-refractivity contribution is 5.95. The summed E-state index contributed by atoms with van der Waals surface area (Å²) in [5.74, 6) is -0.199. The molecule has 3 rings (SSSR count). The summed E-state index contributed by atoms with van der Waals surface area (Å²) >= 11 is 0. The molecule has 2 heterocycles. The van der Waals surface area contributed by atoms with Gasteiger partial charge in [-0.25, -0.2) is 9.50 Å². The predicted molar refractivity (Wildman–Crippen MR) is 85.8 cm³/mol. The van der Waals surface area contributed by atoms with Gasteiger partial charge in [-0.2, -0.15) is 5.10 Å². The first-order valence-electron chi connectivity index (χ1n) is 7.35. The van der Waals surface area contributed by atoms with Gasteiger partial charge in [0.1, 0.15) is 0 Å². The van der Waals surface area contributed by atoms with E-state index in [-0.39, 0.29) is 11.8 Å². The average molecular weight is 294 g/mol. The monoisotopic (exact) mass is 294 g/mol. The van der Waals surface area contributed by atoms with Crippen molar-refractivity contribution in [3.05, 3.63) is 60.0 Å². The van der Waals surface area contributed by atoms with Crippen LogP contribution in [0.1, 0.15) is 30.5 Å². The highest BCUT2D eigenvalue weighted by Crippen LogP contribution is 2.21. The number of nitrogens with one attached hydrogen (secondary N) is 1. The van der Waals surface area contributed by atoms with Crippen molar-refractivity contribution in [1.29, 1.82) is 0 Å². The van der Waals surface area contributed by atoms with Crippen LogP contribution < -0.4 is 5.32 Å². The SMILES string of the molecule is CCC(C(=O)Nc1cnc2cc(C)nn2c1)c1ccccc1. The highest BCUT2D eigenvalue weighted by Gasteiger charge is 2.18. The Labute approximate surface area is 129 Å². The molecule has 0 spiro atoms. The van der Waals surface area contributed by atoms with Gasteiger partial charge < -0.3 is 5.32 Å². The predicted octanol–water partition coefficient (Wildman–Crippen LogP) is 3.17. The maximum atomic E-state index is 12.5. The molecule has 0 aliphatic heterocycles. The molecule has 0 radical (unpaired) electrons. The van der Waals surface area contributed by atoms with Gasteiger partial charge in [0, 0.05) is 6.07 Å². The van der Waals surface area contributed by atoms with Crippen molar-refractivity contribution in [2.24, 2.45) is 0 Å². The number of nitrogens with zero attached hydrogens (tertiary/aromatic N) is 3. The van der Waals surface area contributed by atoms with Crippen molar-refractivity contribution in [2.45, 2.75) is 26.2 Å². The van der Waals surface area contributed by atoms with Crippen LogP contribution in [0.15, 0.2) is 48.8 Å². The first-order chi connectivity index (χ1) is 10.7. The number of anilines is 1. The molecule has 0 saturated carbocycles. The van der Waals surface area contributed by atoms with Gasteiger partial charge in [0.2, 0.25) is 5.91 Å². The number of carbonyl (C=O) groups is 1. The molecule has 0 aliphatic rings. The van der Waals surface area contributed by atoms with E-state index in [1.807, 2.05) is 50.2 Å². The molecule has 1 N–H and O–H groups in total. The zero-order valence-corrected chi connectivity index (χ0v) is 12.7. The van der Waals surface area contributed by atoms with Crippen LogP contribution in [0.5, 0.6) is 0 Å². The summed E-state index contributed by atoms with van der Waals surface area (Å²) in [5, 5.41) is 7.24. The maximum Gasteiger partial charge on any atom is 0.231 e. The van der Waals surface area contributed by atoms with Crippen LogP contribution in [0.4, 0.5) is 5.69 Å². The van der Waals surface area contributed by atoms with Crippen molar-refractivity contribution in [3.8, 4) is 0 Å². The molecule has 0 bridgehead atoms. The van der Waals surface area contributed by atoms with Gasteiger partial charge >= 0.3 is 0 Å². The number of aryl methyl sites for hydroxylation is 1. The molecule has 1 unspecified atom stereocenters. The minimum atomic E-state index is -0.170. The number of hydrogen-bond donors (Lipinski definition) is 1. The van der Waals surface area contributed by atoms with Gasteiger partial charge in [0.05, 0.1) is 29.7 Å². The van der Waals surface area contributed by atoms with Crippen LogP contribution in [0.25, 0.3) is 5.65 Å². The second kappa shape index (κ2) is 5.97. The lowest BCUT2D eigenvalue weighted by molar-refractivity contribution is -0.117. The number of fused-ring (bicyclic) bond motifs is 1. The van der Waals surface area contributed by atoms with E-state index in [4.69, 9.17) is 0 Å². The van der Waals surface area contributed by atoms with Gasteiger partial charge in [-0.1, -0.05) is 37.3 Å². The fourth-order valence-corrected chi connectivity index (χ4v) is 2.55. The Bertz CT molecular complexity index is 795. The van der Waals surface area contributed by atoms with Crippen LogP contribution in [0.2, 0.25) is 0 Å². The quantitative estimate of drug-likeness (QED) is 0.804. The maximum absolute atomic E-state index is 12.5. The molecule has 1 atom stereocenters. The van der Waals surface area contributed by atoms with Crippen molar-refractivity contribution in [1.82, 2.24) is 14.6 Å². The lowest BCUT2D eigenvalue weighted by Crippen LogP contribution is -2.21. The molecule has 112 valence electrons. The van der Waals surface area contributed by atoms with Gasteiger partial charge in [-0.15, -0.1) is 0 Å². The standard InChI is InChI=1S/C17H18N4O/c1-3-15(13-7-5-4-6-8-13)17(22)19-14-10-18-16-9-12(2)20-21(16)11-14/h4-11,15H,3H2,1-2H3,(H,19,22). The summed E-state index contributed by atoms with van der Waals surface area (Å²) in [6.45, 7) is 3.92. The van der Waals surface area contributed by atoms with E-state index in [1.165, 1.54) is 0 Å². The summed E-state index contributed by atoms with van der Waals surface area (Å²) in [5.41, 5.74) is 3.33. The number of benzene rings is 1. The van der Waals surface area contributed by atoms with E-state index in [1.54, 1.807) is 16.9 Å². The summed E-state index contributed by atoms with van der Waals surface area (Å²) in [4.78, 5) is 16.8. The summed E-state index contributed by atoms with van der Waals surface area (Å²) < 4.78 is 1.68. The zero-order chi connectivity index (χ0) is 15.5. The van der Waals surface area contributed by atoms with Gasteiger partial charge in [-0.05, 0) is 18.9 Å². The molecule has 5 nitrogen and oxygen atoms in total. The Balaban J connectivity index is 1.82. The van der Waals surface area contributed by atoms with Crippen LogP contribution in [-0.4, -0.2) is 20.5 Å². The van der Waals surface area contributed by atoms with Gasteiger partial charge in [0.15, 0.2) is 5.65 Å². The third-order valence-corrected chi connectivity index (χ3v) is 3.63. The van der Waals surface area contributed by atoms with E-state index in [0.29, 0.717) is 5.69 Å². The van der Waals surface area contributed by atoms with Gasteiger partial charge in [-0.3, -0.25) is 4.79 Å². The zero-order valence-electron chi connectivity index (χ0n) is 12.7. The molecule has 22 heavy (non-hydrogen) atoms. The average Bonchev–Trinajstić information content (AvgIpc) is 2.88. The fraction of sp³-hybridized carbons (Fsp3) is 0.235. The van der Waals surface area contributed by atoms with E-state index in [2.05, 4.69) is 15.4 Å². The third kappa shape index (κ3) is 2.83. The fourth-order valence-electron chi connectivity index (χ4n) is 2.55. The molecule has 3 aromatic rings. The molecular formula is C17H18N4O. The van der Waals surface area contributed by atoms with E-state index in [9.17, 15) is 4.79 Å². The van der Waals surface area contributed by atoms with E-state index in [0.717, 1.165) is 23.3 Å². The minimum Gasteiger partial charge on any atom is -0.323 e. The number of amides is 1. The summed E-state index contributed by atoms with van der Waals surface area (Å²) in [6.07, 6.45) is 4.18. The summed E-state index contributed by atoms with van der Waals surface area (Å²) in [6, 6.07) is 11.7. The number of hydrogen-bond acceptors (Lipinski definition) is 3. The van der Waals surface area contributed by atoms with Crippen molar-refractivity contribution in [2.75, 3.05) is 5.32 Å². The molecule has 2 aromatic heterocycles. The number of rotatable bonds is 4. The topological polar surface area (TPSA) is 59.3 Å². The molecule has 5 heteroatoms. The van der Waals surface area contributed by atoms with E-state index >= 15 is 0 Å². The van der Waals surface area contributed by atoms with Crippen LogP contribution in [0.3, 0.4) is 0 Å². The van der Waals surface area contributed by atoms with Gasteiger partial charge in [0.25, 0.3) is 0 Å². The van der Waals surface area contributed by atoms with Crippen molar-refractivity contribution >= 4 is 17.2 Å². The first-order valence-corrected chi connectivity index (χ1v) is 7.35. The van der Waals surface area contributed by atoms with E-state index < -0.39 is 0 Å². The smallest absolute Gasteiger partial charge is 0.231 e. The normalized spacial score (nSPS) is 12.3. The van der Waals surface area contributed by atoms with Crippen LogP contribution >= 0.6 is 0 Å². The Morgan fingerprint density at radius 3 is 2.82 bits per heavy atom. The Kier molecular flexibility index (Phi) is 3.87. The molecule has 0 fully saturated rings. The van der Waals surface area contributed by atoms with Crippen LogP contribution in [-0.2, 0) is 4.79 Å². The number of aromatic nitrogens is 3.